The summed E-state index contributed by atoms with van der Waals surface area (Å²) >= 11 is 0. The highest BCUT2D eigenvalue weighted by Gasteiger charge is 2.63. The molecular weight excluding hydrogens is 246 g/mol. The summed E-state index contributed by atoms with van der Waals surface area (Å²) in [6.07, 6.45) is 1.05. The van der Waals surface area contributed by atoms with Gasteiger partial charge in [-0.05, 0) is 47.4 Å². The fourth-order valence-corrected chi connectivity index (χ4v) is 3.73. The lowest BCUT2D eigenvalue weighted by molar-refractivity contribution is 0.356. The van der Waals surface area contributed by atoms with Gasteiger partial charge in [0.1, 0.15) is 5.75 Å². The van der Waals surface area contributed by atoms with Gasteiger partial charge in [0.05, 0.1) is 6.61 Å². The number of fused-ring (bicyclic) bond motifs is 1. The maximum absolute atomic E-state index is 5.58. The van der Waals surface area contributed by atoms with Crippen molar-refractivity contribution in [3.8, 4) is 5.75 Å². The van der Waals surface area contributed by atoms with Gasteiger partial charge in [-0.15, -0.1) is 0 Å². The van der Waals surface area contributed by atoms with E-state index in [2.05, 4.69) is 58.1 Å². The highest BCUT2D eigenvalue weighted by molar-refractivity contribution is 5.40. The van der Waals surface area contributed by atoms with Crippen molar-refractivity contribution in [3.63, 3.8) is 0 Å². The number of hydrogen-bond donors (Lipinski definition) is 1. The maximum atomic E-state index is 5.58. The molecule has 0 saturated heterocycles. The standard InChI is InChI=1S/C18H27NO/c1-12(19-11-16-17(2,3)18(16,4)5)13-6-7-15-14(10-13)8-9-20-15/h6-7,10,12,16,19H,8-9,11H2,1-5H3. The van der Waals surface area contributed by atoms with E-state index in [1.807, 2.05) is 0 Å². The molecule has 2 heteroatoms. The van der Waals surface area contributed by atoms with Gasteiger partial charge in [-0.2, -0.15) is 0 Å². The van der Waals surface area contributed by atoms with E-state index >= 15 is 0 Å². The second-order valence-corrected chi connectivity index (χ2v) is 7.59. The molecule has 1 N–H and O–H groups in total. The molecule has 1 saturated carbocycles. The second kappa shape index (κ2) is 4.49. The zero-order chi connectivity index (χ0) is 14.5. The quantitative estimate of drug-likeness (QED) is 0.896. The summed E-state index contributed by atoms with van der Waals surface area (Å²) < 4.78 is 5.58. The molecule has 1 aromatic carbocycles. The van der Waals surface area contributed by atoms with E-state index in [1.54, 1.807) is 0 Å². The maximum Gasteiger partial charge on any atom is 0.122 e. The third-order valence-corrected chi connectivity index (χ3v) is 6.16. The third-order valence-electron chi connectivity index (χ3n) is 6.16. The monoisotopic (exact) mass is 273 g/mol. The molecule has 20 heavy (non-hydrogen) atoms. The Morgan fingerprint density at radius 2 is 1.95 bits per heavy atom. The van der Waals surface area contributed by atoms with E-state index in [9.17, 15) is 0 Å². The van der Waals surface area contributed by atoms with Gasteiger partial charge in [0.15, 0.2) is 0 Å². The predicted molar refractivity (Wildman–Crippen MR) is 83.1 cm³/mol. The van der Waals surface area contributed by atoms with Crippen molar-refractivity contribution in [1.82, 2.24) is 5.32 Å². The summed E-state index contributed by atoms with van der Waals surface area (Å²) in [7, 11) is 0. The fraction of sp³-hybridized carbons (Fsp3) is 0.667. The molecule has 2 nitrogen and oxygen atoms in total. The molecule has 1 fully saturated rings. The molecule has 0 spiro atoms. The lowest BCUT2D eigenvalue weighted by Gasteiger charge is -2.16. The topological polar surface area (TPSA) is 21.3 Å². The average molecular weight is 273 g/mol. The number of rotatable bonds is 4. The van der Waals surface area contributed by atoms with Crippen LogP contribution in [0.2, 0.25) is 0 Å². The summed E-state index contributed by atoms with van der Waals surface area (Å²) in [5.41, 5.74) is 3.67. The molecule has 0 radical (unpaired) electrons. The van der Waals surface area contributed by atoms with Crippen LogP contribution in [0.5, 0.6) is 5.75 Å². The van der Waals surface area contributed by atoms with E-state index in [0.717, 1.165) is 31.2 Å². The summed E-state index contributed by atoms with van der Waals surface area (Å²) in [5, 5.41) is 3.72. The Morgan fingerprint density at radius 3 is 2.60 bits per heavy atom. The van der Waals surface area contributed by atoms with Crippen LogP contribution >= 0.6 is 0 Å². The zero-order valence-electron chi connectivity index (χ0n) is 13.4. The number of hydrogen-bond acceptors (Lipinski definition) is 2. The van der Waals surface area contributed by atoms with Crippen molar-refractivity contribution in [2.24, 2.45) is 16.7 Å². The molecule has 0 bridgehead atoms. The molecule has 1 heterocycles. The van der Waals surface area contributed by atoms with E-state index in [0.29, 0.717) is 16.9 Å². The SMILES string of the molecule is CC(NCC1C(C)(C)C1(C)C)c1ccc2c(c1)CCO2. The number of ether oxygens (including phenoxy) is 1. The molecule has 110 valence electrons. The van der Waals surface area contributed by atoms with Crippen LogP contribution in [0.25, 0.3) is 0 Å². The minimum absolute atomic E-state index is 0.410. The molecular formula is C18H27NO. The number of benzene rings is 1. The molecule has 3 rings (SSSR count). The van der Waals surface area contributed by atoms with Gasteiger partial charge < -0.3 is 10.1 Å². The largest absolute Gasteiger partial charge is 0.493 e. The first kappa shape index (κ1) is 13.9. The minimum atomic E-state index is 0.410. The molecule has 1 aromatic rings. The molecule has 1 unspecified atom stereocenters. The highest BCUT2D eigenvalue weighted by atomic mass is 16.5. The Balaban J connectivity index is 1.62. The van der Waals surface area contributed by atoms with Crippen LogP contribution in [0.3, 0.4) is 0 Å². The molecule has 0 aromatic heterocycles. The van der Waals surface area contributed by atoms with Crippen LogP contribution in [-0.2, 0) is 6.42 Å². The van der Waals surface area contributed by atoms with Crippen LogP contribution in [-0.4, -0.2) is 13.2 Å². The Bertz CT molecular complexity index is 504. The minimum Gasteiger partial charge on any atom is -0.493 e. The van der Waals surface area contributed by atoms with Crippen molar-refractivity contribution in [2.45, 2.75) is 47.1 Å². The number of nitrogens with one attached hydrogen (secondary N) is 1. The van der Waals surface area contributed by atoms with E-state index in [1.165, 1.54) is 11.1 Å². The van der Waals surface area contributed by atoms with Crippen molar-refractivity contribution in [2.75, 3.05) is 13.2 Å². The first-order valence-corrected chi connectivity index (χ1v) is 7.83. The van der Waals surface area contributed by atoms with Crippen molar-refractivity contribution >= 4 is 0 Å². The van der Waals surface area contributed by atoms with Crippen LogP contribution in [0.1, 0.15) is 51.8 Å². The third kappa shape index (κ3) is 2.05. The molecule has 0 amide bonds. The Labute approximate surface area is 122 Å². The highest BCUT2D eigenvalue weighted by Crippen LogP contribution is 2.68. The predicted octanol–water partition coefficient (Wildman–Crippen LogP) is 3.95. The van der Waals surface area contributed by atoms with Gasteiger partial charge >= 0.3 is 0 Å². The summed E-state index contributed by atoms with van der Waals surface area (Å²) in [4.78, 5) is 0. The summed E-state index contributed by atoms with van der Waals surface area (Å²) in [5.74, 6) is 1.85. The van der Waals surface area contributed by atoms with Gasteiger partial charge in [0.2, 0.25) is 0 Å². The lowest BCUT2D eigenvalue weighted by Crippen LogP contribution is -2.23. The fourth-order valence-electron chi connectivity index (χ4n) is 3.73. The zero-order valence-corrected chi connectivity index (χ0v) is 13.4. The molecule has 1 aliphatic carbocycles. The van der Waals surface area contributed by atoms with Crippen LogP contribution in [0.4, 0.5) is 0 Å². The van der Waals surface area contributed by atoms with Gasteiger partial charge in [-0.25, -0.2) is 0 Å². The van der Waals surface area contributed by atoms with Crippen molar-refractivity contribution in [1.29, 1.82) is 0 Å². The smallest absolute Gasteiger partial charge is 0.122 e. The van der Waals surface area contributed by atoms with Gasteiger partial charge in [0, 0.05) is 12.5 Å². The van der Waals surface area contributed by atoms with E-state index < -0.39 is 0 Å². The first-order valence-electron chi connectivity index (χ1n) is 7.83. The van der Waals surface area contributed by atoms with E-state index in [-0.39, 0.29) is 0 Å². The average Bonchev–Trinajstić information content (AvgIpc) is 2.75. The van der Waals surface area contributed by atoms with Gasteiger partial charge in [-0.1, -0.05) is 39.8 Å². The Kier molecular flexibility index (Phi) is 3.13. The van der Waals surface area contributed by atoms with Crippen molar-refractivity contribution < 1.29 is 4.74 Å². The molecule has 2 aliphatic rings. The summed E-state index contributed by atoms with van der Waals surface area (Å²) in [6, 6.07) is 7.04. The Morgan fingerprint density at radius 1 is 1.25 bits per heavy atom. The van der Waals surface area contributed by atoms with Gasteiger partial charge in [0.25, 0.3) is 0 Å². The first-order chi connectivity index (χ1) is 9.34. The van der Waals surface area contributed by atoms with E-state index in [4.69, 9.17) is 4.74 Å². The normalized spacial score (nSPS) is 24.1. The van der Waals surface area contributed by atoms with Gasteiger partial charge in [-0.3, -0.25) is 0 Å². The molecule has 1 aliphatic heterocycles. The summed E-state index contributed by atoms with van der Waals surface area (Å²) in [6.45, 7) is 13.8. The van der Waals surface area contributed by atoms with Crippen LogP contribution in [0.15, 0.2) is 18.2 Å². The lowest BCUT2D eigenvalue weighted by atomic mass is 10.0. The molecule has 1 atom stereocenters. The van der Waals surface area contributed by atoms with Crippen LogP contribution < -0.4 is 10.1 Å². The van der Waals surface area contributed by atoms with Crippen molar-refractivity contribution in [3.05, 3.63) is 29.3 Å². The van der Waals surface area contributed by atoms with Crippen LogP contribution in [0, 0.1) is 16.7 Å². The Hall–Kier alpha value is -1.02. The second-order valence-electron chi connectivity index (χ2n) is 7.59.